The van der Waals surface area contributed by atoms with Gasteiger partial charge in [-0.3, -0.25) is 9.59 Å². The summed E-state index contributed by atoms with van der Waals surface area (Å²) in [6.45, 7) is 2.56. The zero-order valence-electron chi connectivity index (χ0n) is 13.5. The van der Waals surface area contributed by atoms with Crippen LogP contribution in [0.5, 0.6) is 0 Å². The van der Waals surface area contributed by atoms with Gasteiger partial charge in [-0.15, -0.1) is 0 Å². The van der Waals surface area contributed by atoms with E-state index in [9.17, 15) is 9.59 Å². The minimum Gasteiger partial charge on any atom is -0.369 e. The van der Waals surface area contributed by atoms with Crippen molar-refractivity contribution in [2.24, 2.45) is 11.7 Å². The summed E-state index contributed by atoms with van der Waals surface area (Å²) < 4.78 is 0. The van der Waals surface area contributed by atoms with Crippen molar-refractivity contribution >= 4 is 17.5 Å². The molecule has 3 rings (SSSR count). The summed E-state index contributed by atoms with van der Waals surface area (Å²) in [6.07, 6.45) is 3.86. The van der Waals surface area contributed by atoms with Crippen molar-refractivity contribution < 1.29 is 9.59 Å². The maximum Gasteiger partial charge on any atom is 0.222 e. The summed E-state index contributed by atoms with van der Waals surface area (Å²) in [4.78, 5) is 28.3. The molecule has 0 saturated carbocycles. The van der Waals surface area contributed by atoms with Crippen LogP contribution in [0.15, 0.2) is 30.3 Å². The molecule has 0 aliphatic carbocycles. The maximum atomic E-state index is 12.5. The van der Waals surface area contributed by atoms with E-state index in [0.717, 1.165) is 25.9 Å². The fourth-order valence-electron chi connectivity index (χ4n) is 3.76. The Morgan fingerprint density at radius 3 is 2.61 bits per heavy atom. The van der Waals surface area contributed by atoms with E-state index >= 15 is 0 Å². The third-order valence-electron chi connectivity index (χ3n) is 5.11. The van der Waals surface area contributed by atoms with Crippen LogP contribution in [0.4, 0.5) is 5.69 Å². The fourth-order valence-corrected chi connectivity index (χ4v) is 3.76. The van der Waals surface area contributed by atoms with Gasteiger partial charge in [-0.05, 0) is 37.8 Å². The van der Waals surface area contributed by atoms with Crippen LogP contribution in [-0.2, 0) is 9.59 Å². The third-order valence-corrected chi connectivity index (χ3v) is 5.11. The molecule has 2 saturated heterocycles. The number of para-hydroxylation sites is 1. The average Bonchev–Trinajstić information content (AvgIpc) is 2.78. The summed E-state index contributed by atoms with van der Waals surface area (Å²) in [5, 5.41) is 0. The van der Waals surface area contributed by atoms with Crippen LogP contribution >= 0.6 is 0 Å². The Morgan fingerprint density at radius 1 is 1.09 bits per heavy atom. The Kier molecular flexibility index (Phi) is 4.84. The number of likely N-dealkylation sites (tertiary alicyclic amines) is 1. The second kappa shape index (κ2) is 7.02. The minimum absolute atomic E-state index is 0.155. The van der Waals surface area contributed by atoms with Gasteiger partial charge < -0.3 is 15.5 Å². The van der Waals surface area contributed by atoms with Crippen molar-refractivity contribution in [2.75, 3.05) is 24.5 Å². The highest BCUT2D eigenvalue weighted by atomic mass is 16.2. The number of rotatable bonds is 3. The molecule has 2 heterocycles. The Bertz CT molecular complexity index is 561. The van der Waals surface area contributed by atoms with Crippen LogP contribution in [0.25, 0.3) is 0 Å². The Labute approximate surface area is 137 Å². The van der Waals surface area contributed by atoms with Gasteiger partial charge in [0.05, 0.1) is 0 Å². The van der Waals surface area contributed by atoms with Gasteiger partial charge in [-0.25, -0.2) is 0 Å². The Balaban J connectivity index is 1.68. The lowest BCUT2D eigenvalue weighted by Crippen LogP contribution is -2.50. The number of benzene rings is 1. The normalized spacial score (nSPS) is 26.0. The maximum absolute atomic E-state index is 12.5. The van der Waals surface area contributed by atoms with Crippen molar-refractivity contribution in [3.63, 3.8) is 0 Å². The van der Waals surface area contributed by atoms with E-state index in [0.29, 0.717) is 25.8 Å². The third kappa shape index (κ3) is 3.66. The monoisotopic (exact) mass is 315 g/mol. The van der Waals surface area contributed by atoms with E-state index in [2.05, 4.69) is 17.0 Å². The summed E-state index contributed by atoms with van der Waals surface area (Å²) in [7, 11) is 0. The molecule has 1 unspecified atom stereocenters. The number of carbonyl (C=O) groups is 2. The van der Waals surface area contributed by atoms with Crippen LogP contribution in [0.1, 0.15) is 32.1 Å². The van der Waals surface area contributed by atoms with E-state index in [-0.39, 0.29) is 23.8 Å². The first-order chi connectivity index (χ1) is 11.1. The second-order valence-corrected chi connectivity index (χ2v) is 6.59. The molecule has 2 fully saturated rings. The van der Waals surface area contributed by atoms with Gasteiger partial charge in [0, 0.05) is 43.7 Å². The van der Waals surface area contributed by atoms with Crippen molar-refractivity contribution in [3.05, 3.63) is 30.3 Å². The number of nitrogens with zero attached hydrogens (tertiary/aromatic N) is 2. The summed E-state index contributed by atoms with van der Waals surface area (Å²) in [6, 6.07) is 10.6. The molecule has 0 spiro atoms. The van der Waals surface area contributed by atoms with E-state index in [1.54, 1.807) is 0 Å². The van der Waals surface area contributed by atoms with Crippen molar-refractivity contribution in [3.8, 4) is 0 Å². The lowest BCUT2D eigenvalue weighted by molar-refractivity contribution is -0.133. The van der Waals surface area contributed by atoms with Gasteiger partial charge in [0.1, 0.15) is 0 Å². The molecule has 0 bridgehead atoms. The first-order valence-electron chi connectivity index (χ1n) is 8.54. The van der Waals surface area contributed by atoms with Crippen LogP contribution in [0, 0.1) is 5.92 Å². The van der Waals surface area contributed by atoms with Crippen LogP contribution in [0.3, 0.4) is 0 Å². The highest BCUT2D eigenvalue weighted by Crippen LogP contribution is 2.26. The molecule has 2 aliphatic rings. The first kappa shape index (κ1) is 15.8. The smallest absolute Gasteiger partial charge is 0.222 e. The van der Waals surface area contributed by atoms with Crippen molar-refractivity contribution in [1.82, 2.24) is 4.90 Å². The van der Waals surface area contributed by atoms with E-state index in [1.165, 1.54) is 5.69 Å². The summed E-state index contributed by atoms with van der Waals surface area (Å²) >= 11 is 0. The second-order valence-electron chi connectivity index (χ2n) is 6.59. The number of piperidine rings is 1. The predicted octanol–water partition coefficient (Wildman–Crippen LogP) is 1.77. The van der Waals surface area contributed by atoms with E-state index in [4.69, 9.17) is 5.73 Å². The largest absolute Gasteiger partial charge is 0.369 e. The number of hydrogen-bond acceptors (Lipinski definition) is 3. The lowest BCUT2D eigenvalue weighted by atomic mass is 10.0. The van der Waals surface area contributed by atoms with E-state index in [1.807, 2.05) is 23.1 Å². The Morgan fingerprint density at radius 2 is 1.87 bits per heavy atom. The molecule has 23 heavy (non-hydrogen) atoms. The first-order valence-corrected chi connectivity index (χ1v) is 8.54. The quantitative estimate of drug-likeness (QED) is 0.924. The number of amides is 2. The molecule has 0 aromatic heterocycles. The lowest BCUT2D eigenvalue weighted by Gasteiger charge is -2.40. The van der Waals surface area contributed by atoms with Gasteiger partial charge in [-0.2, -0.15) is 0 Å². The summed E-state index contributed by atoms with van der Waals surface area (Å²) in [5.74, 6) is -0.249. The molecule has 124 valence electrons. The highest BCUT2D eigenvalue weighted by molar-refractivity contribution is 5.81. The van der Waals surface area contributed by atoms with Gasteiger partial charge in [-0.1, -0.05) is 18.2 Å². The van der Waals surface area contributed by atoms with E-state index < -0.39 is 0 Å². The Hall–Kier alpha value is -2.04. The van der Waals surface area contributed by atoms with Gasteiger partial charge in [0.2, 0.25) is 11.8 Å². The number of hydrogen-bond donors (Lipinski definition) is 1. The highest BCUT2D eigenvalue weighted by Gasteiger charge is 2.32. The van der Waals surface area contributed by atoms with Crippen LogP contribution < -0.4 is 10.6 Å². The SMILES string of the molecule is NC(=O)C1CCC(=O)N([C@H]2CCCN(c3ccccc3)C2)CC1. The predicted molar refractivity (Wildman–Crippen MR) is 89.9 cm³/mol. The zero-order valence-corrected chi connectivity index (χ0v) is 13.5. The number of carbonyl (C=O) groups excluding carboxylic acids is 2. The van der Waals surface area contributed by atoms with Crippen LogP contribution in [0.2, 0.25) is 0 Å². The topological polar surface area (TPSA) is 66.6 Å². The molecule has 1 aromatic carbocycles. The molecule has 2 aliphatic heterocycles. The van der Waals surface area contributed by atoms with Gasteiger partial charge in [0.25, 0.3) is 0 Å². The molecule has 2 amide bonds. The number of anilines is 1. The molecule has 5 heteroatoms. The standard InChI is InChI=1S/C18H25N3O2/c19-18(23)14-8-9-17(22)21(12-10-14)16-7-4-11-20(13-16)15-5-2-1-3-6-15/h1-3,5-6,14,16H,4,7-13H2,(H2,19,23)/t14?,16-/m0/s1. The molecule has 0 radical (unpaired) electrons. The molecule has 2 atom stereocenters. The van der Waals surface area contributed by atoms with Gasteiger partial charge >= 0.3 is 0 Å². The molecule has 1 aromatic rings. The molecule has 5 nitrogen and oxygen atoms in total. The van der Waals surface area contributed by atoms with Crippen molar-refractivity contribution in [1.29, 1.82) is 0 Å². The molecule has 2 N–H and O–H groups in total. The minimum atomic E-state index is -0.269. The number of primary amides is 1. The number of nitrogens with two attached hydrogens (primary N) is 1. The average molecular weight is 315 g/mol. The van der Waals surface area contributed by atoms with Crippen LogP contribution in [-0.4, -0.2) is 42.4 Å². The van der Waals surface area contributed by atoms with Gasteiger partial charge in [0.15, 0.2) is 0 Å². The molecular formula is C18H25N3O2. The zero-order chi connectivity index (χ0) is 16.2. The molecular weight excluding hydrogens is 290 g/mol. The van der Waals surface area contributed by atoms with Crippen molar-refractivity contribution in [2.45, 2.75) is 38.1 Å². The summed E-state index contributed by atoms with van der Waals surface area (Å²) in [5.41, 5.74) is 6.64. The fraction of sp³-hybridized carbons (Fsp3) is 0.556.